The van der Waals surface area contributed by atoms with Gasteiger partial charge in [-0.05, 0) is 50.9 Å². The van der Waals surface area contributed by atoms with E-state index in [2.05, 4.69) is 26.2 Å². The lowest BCUT2D eigenvalue weighted by atomic mass is 9.84. The van der Waals surface area contributed by atoms with Gasteiger partial charge in [0.15, 0.2) is 0 Å². The number of quaternary nitrogens is 1. The summed E-state index contributed by atoms with van der Waals surface area (Å²) in [7, 11) is 2.31. The van der Waals surface area contributed by atoms with Crippen LogP contribution in [0, 0.1) is 0 Å². The molecule has 0 saturated heterocycles. The zero-order valence-corrected chi connectivity index (χ0v) is 18.4. The predicted molar refractivity (Wildman–Crippen MR) is 118 cm³/mol. The minimum absolute atomic E-state index is 0.600. The van der Waals surface area contributed by atoms with Crippen LogP contribution in [0.4, 0.5) is 0 Å². The van der Waals surface area contributed by atoms with Crippen LogP contribution in [0.5, 0.6) is 11.5 Å². The number of para-hydroxylation sites is 1. The van der Waals surface area contributed by atoms with Gasteiger partial charge in [-0.1, -0.05) is 30.3 Å². The van der Waals surface area contributed by atoms with Crippen LogP contribution in [0.2, 0.25) is 0 Å². The molecule has 0 aromatic heterocycles. The molecule has 1 atom stereocenters. The van der Waals surface area contributed by atoms with E-state index >= 15 is 0 Å². The van der Waals surface area contributed by atoms with Crippen molar-refractivity contribution in [1.29, 1.82) is 0 Å². The van der Waals surface area contributed by atoms with Crippen LogP contribution in [0.3, 0.4) is 0 Å². The van der Waals surface area contributed by atoms with Crippen LogP contribution in [0.15, 0.2) is 42.5 Å². The molecule has 1 aliphatic heterocycles. The van der Waals surface area contributed by atoms with E-state index in [0.29, 0.717) is 17.1 Å². The monoisotopic (exact) mass is 410 g/mol. The first-order chi connectivity index (χ1) is 14.5. The number of rotatable bonds is 11. The third-order valence-electron chi connectivity index (χ3n) is 6.51. The largest absolute Gasteiger partial charge is 0.549 e. The number of carbonyl (C=O) groups is 1. The highest BCUT2D eigenvalue weighted by molar-refractivity contribution is 5.83. The molecule has 5 nitrogen and oxygen atoms in total. The number of aliphatic carboxylic acids is 1. The maximum absolute atomic E-state index is 12.0. The molecule has 1 heterocycles. The number of carboxylic acids is 1. The minimum Gasteiger partial charge on any atom is -0.549 e. The van der Waals surface area contributed by atoms with Crippen molar-refractivity contribution in [2.24, 2.45) is 0 Å². The summed E-state index contributed by atoms with van der Waals surface area (Å²) in [5.41, 5.74) is 2.44. The van der Waals surface area contributed by atoms with Crippen molar-refractivity contribution in [2.45, 2.75) is 39.0 Å². The molecule has 2 aromatic rings. The fourth-order valence-corrected chi connectivity index (χ4v) is 4.21. The minimum atomic E-state index is -1.08. The summed E-state index contributed by atoms with van der Waals surface area (Å²) in [6.07, 6.45) is 2.92. The Morgan fingerprint density at radius 2 is 1.73 bits per heavy atom. The highest BCUT2D eigenvalue weighted by atomic mass is 16.5. The van der Waals surface area contributed by atoms with Gasteiger partial charge in [0, 0.05) is 24.1 Å². The summed E-state index contributed by atoms with van der Waals surface area (Å²) in [5.74, 6) is -0.634. The first kappa shape index (κ1) is 22.3. The quantitative estimate of drug-likeness (QED) is 0.457. The normalized spacial score (nSPS) is 15.2. The highest BCUT2D eigenvalue weighted by Gasteiger charge is 2.30. The fourth-order valence-electron chi connectivity index (χ4n) is 4.21. The van der Waals surface area contributed by atoms with Gasteiger partial charge in [-0.2, -0.15) is 0 Å². The van der Waals surface area contributed by atoms with Crippen LogP contribution in [-0.4, -0.2) is 50.2 Å². The van der Waals surface area contributed by atoms with Crippen molar-refractivity contribution >= 4 is 5.97 Å². The highest BCUT2D eigenvalue weighted by Crippen LogP contribution is 2.45. The van der Waals surface area contributed by atoms with Crippen molar-refractivity contribution in [3.63, 3.8) is 0 Å². The van der Waals surface area contributed by atoms with Crippen molar-refractivity contribution < 1.29 is 19.1 Å². The summed E-state index contributed by atoms with van der Waals surface area (Å²) >= 11 is 0. The number of benzene rings is 2. The fraction of sp³-hybridized carbons (Fsp3) is 0.480. The van der Waals surface area contributed by atoms with Crippen molar-refractivity contribution in [2.75, 3.05) is 39.8 Å². The number of nitrogens with zero attached hydrogens (tertiary/aromatic N) is 1. The number of hydrogen-bond acceptors (Lipinski definition) is 4. The van der Waals surface area contributed by atoms with Gasteiger partial charge < -0.3 is 24.4 Å². The molecule has 162 valence electrons. The topological polar surface area (TPSA) is 61.4 Å². The SMILES string of the molecule is CC[N+](C)(CC)CCCNCCCc1cccc2c1C(C(=O)[O-])c1ccccc1O2. The Morgan fingerprint density at radius 1 is 1.03 bits per heavy atom. The molecule has 0 radical (unpaired) electrons. The van der Waals surface area contributed by atoms with E-state index in [0.717, 1.165) is 48.0 Å². The number of carbonyl (C=O) groups excluding carboxylic acids is 1. The second-order valence-corrected chi connectivity index (χ2v) is 8.40. The van der Waals surface area contributed by atoms with E-state index in [1.807, 2.05) is 42.5 Å². The lowest BCUT2D eigenvalue weighted by Crippen LogP contribution is -2.45. The standard InChI is InChI=1S/C25H34N2O3/c1-4-27(3,5-2)18-10-17-26-16-9-12-19-11-8-15-22-23(19)24(25(28)29)20-13-6-7-14-21(20)30-22/h6-8,11,13-15,24,26H,4-5,9-10,12,16-18H2,1-3H3. The molecule has 1 aliphatic rings. The first-order valence-corrected chi connectivity index (χ1v) is 11.1. The zero-order valence-electron chi connectivity index (χ0n) is 18.4. The molecule has 3 rings (SSSR count). The van der Waals surface area contributed by atoms with Gasteiger partial charge in [-0.25, -0.2) is 0 Å². The summed E-state index contributed by atoms with van der Waals surface area (Å²) in [5, 5.41) is 15.6. The molecule has 0 spiro atoms. The Hall–Kier alpha value is -2.37. The third kappa shape index (κ3) is 5.02. The molecule has 1 N–H and O–H groups in total. The van der Waals surface area contributed by atoms with Crippen LogP contribution in [0.25, 0.3) is 0 Å². The van der Waals surface area contributed by atoms with Crippen molar-refractivity contribution in [3.8, 4) is 11.5 Å². The number of ether oxygens (including phenoxy) is 1. The van der Waals surface area contributed by atoms with Crippen molar-refractivity contribution in [3.05, 3.63) is 59.2 Å². The van der Waals surface area contributed by atoms with Crippen molar-refractivity contribution in [1.82, 2.24) is 5.32 Å². The summed E-state index contributed by atoms with van der Waals surface area (Å²) < 4.78 is 7.12. The number of carboxylic acid groups (broad SMARTS) is 1. The second-order valence-electron chi connectivity index (χ2n) is 8.40. The molecular formula is C25H34N2O3. The number of fused-ring (bicyclic) bond motifs is 2. The van der Waals surface area contributed by atoms with E-state index in [-0.39, 0.29) is 0 Å². The lowest BCUT2D eigenvalue weighted by Gasteiger charge is -2.32. The van der Waals surface area contributed by atoms with E-state index in [1.165, 1.54) is 19.6 Å². The van der Waals surface area contributed by atoms with Crippen LogP contribution in [0.1, 0.15) is 49.3 Å². The Labute approximate surface area is 180 Å². The van der Waals surface area contributed by atoms with Gasteiger partial charge in [-0.3, -0.25) is 0 Å². The van der Waals surface area contributed by atoms with Gasteiger partial charge in [0.25, 0.3) is 0 Å². The third-order valence-corrected chi connectivity index (χ3v) is 6.51. The molecule has 0 fully saturated rings. The Kier molecular flexibility index (Phi) is 7.51. The zero-order chi connectivity index (χ0) is 21.6. The predicted octanol–water partition coefficient (Wildman–Crippen LogP) is 3.07. The summed E-state index contributed by atoms with van der Waals surface area (Å²) in [6, 6.07) is 13.1. The smallest absolute Gasteiger partial charge is 0.131 e. The lowest BCUT2D eigenvalue weighted by molar-refractivity contribution is -0.906. The van der Waals surface area contributed by atoms with Gasteiger partial charge in [0.1, 0.15) is 11.5 Å². The van der Waals surface area contributed by atoms with E-state index in [1.54, 1.807) is 0 Å². The van der Waals surface area contributed by atoms with Gasteiger partial charge in [-0.15, -0.1) is 0 Å². The molecule has 0 amide bonds. The van der Waals surface area contributed by atoms with Crippen LogP contribution < -0.4 is 15.2 Å². The number of nitrogens with one attached hydrogen (secondary N) is 1. The molecule has 5 heteroatoms. The molecule has 1 unspecified atom stereocenters. The summed E-state index contributed by atoms with van der Waals surface area (Å²) in [6.45, 7) is 9.95. The second kappa shape index (κ2) is 10.1. The Balaban J connectivity index is 1.58. The average molecular weight is 411 g/mol. The van der Waals surface area contributed by atoms with Gasteiger partial charge in [0.2, 0.25) is 0 Å². The van der Waals surface area contributed by atoms with Gasteiger partial charge >= 0.3 is 0 Å². The Bertz CT molecular complexity index is 861. The van der Waals surface area contributed by atoms with E-state index in [9.17, 15) is 9.90 Å². The molecule has 0 aliphatic carbocycles. The maximum atomic E-state index is 12.0. The molecule has 0 bridgehead atoms. The molecule has 2 aromatic carbocycles. The number of aryl methyl sites for hydroxylation is 1. The van der Waals surface area contributed by atoms with Crippen LogP contribution in [-0.2, 0) is 11.2 Å². The average Bonchev–Trinajstić information content (AvgIpc) is 2.76. The first-order valence-electron chi connectivity index (χ1n) is 11.1. The molecule has 0 saturated carbocycles. The van der Waals surface area contributed by atoms with E-state index < -0.39 is 11.9 Å². The maximum Gasteiger partial charge on any atom is 0.131 e. The molecule has 30 heavy (non-hydrogen) atoms. The van der Waals surface area contributed by atoms with Gasteiger partial charge in [0.05, 0.1) is 38.6 Å². The number of hydrogen-bond donors (Lipinski definition) is 1. The molecular weight excluding hydrogens is 376 g/mol. The van der Waals surface area contributed by atoms with E-state index in [4.69, 9.17) is 4.74 Å². The summed E-state index contributed by atoms with van der Waals surface area (Å²) in [4.78, 5) is 12.0. The Morgan fingerprint density at radius 3 is 2.47 bits per heavy atom. The van der Waals surface area contributed by atoms with Crippen LogP contribution >= 0.6 is 0 Å².